The maximum atomic E-state index is 16.9. The van der Waals surface area contributed by atoms with Crippen molar-refractivity contribution >= 4 is 74.1 Å². The molecule has 2 aliphatic heterocycles. The van der Waals surface area contributed by atoms with Gasteiger partial charge in [-0.3, -0.25) is 14.4 Å². The number of hydrogen-bond donors (Lipinski definition) is 5. The van der Waals surface area contributed by atoms with E-state index >= 15 is 4.39 Å². The number of likely N-dealkylation sites (tertiary alicyclic amines) is 1. The summed E-state index contributed by atoms with van der Waals surface area (Å²) in [6, 6.07) is 18.8. The highest BCUT2D eigenvalue weighted by molar-refractivity contribution is 7.13. The first-order valence-electron chi connectivity index (χ1n) is 25.4. The second kappa shape index (κ2) is 23.9. The number of nitrogens with one attached hydrogen (secondary N) is 3. The van der Waals surface area contributed by atoms with Crippen LogP contribution in [0.4, 0.5) is 16.2 Å². The van der Waals surface area contributed by atoms with E-state index < -0.39 is 29.8 Å². The minimum Gasteiger partial charge on any atom is -0.508 e. The highest BCUT2D eigenvalue weighted by Gasteiger charge is 2.43. The molecule has 7 aromatic rings. The van der Waals surface area contributed by atoms with Crippen LogP contribution in [0.3, 0.4) is 0 Å². The zero-order chi connectivity index (χ0) is 53.6. The van der Waals surface area contributed by atoms with Crippen LogP contribution in [-0.4, -0.2) is 143 Å². The van der Waals surface area contributed by atoms with Gasteiger partial charge in [0.25, 0.3) is 0 Å². The van der Waals surface area contributed by atoms with E-state index in [4.69, 9.17) is 30.6 Å². The molecule has 400 valence electrons. The topological polar surface area (TPSA) is 221 Å². The molecule has 5 N–H and O–H groups in total. The number of halogens is 2. The molecule has 4 aromatic carbocycles. The number of anilines is 2. The number of likely N-dealkylation sites (N-methyl/N-ethyl adjacent to an activating group) is 1. The minimum atomic E-state index is -0.888. The molecule has 21 heteroatoms. The van der Waals surface area contributed by atoms with Crippen molar-refractivity contribution in [3.05, 3.63) is 106 Å². The number of aliphatic hydroxyl groups is 1. The third-order valence-corrected chi connectivity index (χ3v) is 15.1. The zero-order valence-electron chi connectivity index (χ0n) is 43.1. The Labute approximate surface area is 448 Å². The monoisotopic (exact) mass is 1080 g/mol. The summed E-state index contributed by atoms with van der Waals surface area (Å²) in [5.74, 6) is -0.717. The third-order valence-electron chi connectivity index (χ3n) is 13.8. The van der Waals surface area contributed by atoms with Gasteiger partial charge in [-0.25, -0.2) is 14.4 Å². The van der Waals surface area contributed by atoms with Crippen molar-refractivity contribution in [2.45, 2.75) is 65.1 Å². The molecule has 5 heterocycles. The van der Waals surface area contributed by atoms with Crippen LogP contribution in [-0.2, 0) is 25.7 Å². The number of aromatic hydroxyl groups is 1. The molecule has 0 unspecified atom stereocenters. The standard InChI is InChI=1S/C55H62ClFN10O8S/c1-31(2)47(45-22-32(3)64-75-45)54(72)67-29-38(69)26-43(67)53(71)60-28-36-11-10-35(51-33(4)61-30-76-51)24-44(36)74-21-20-73-19-18-65(5)46(70)12-13-59-55-62-50-41(52(63-55)66-16-14-58-15-17-66)27-42(56)48(49(50)57)40-25-37(68)23-34-8-6-7-9-39(34)40/h6-11,22-25,27,30-31,38,43,47,58,68-69H,12-21,26,28-29H2,1-5H3,(H,60,71)(H,59,62,63)/t38-,43+,47+/m1/s1. The Balaban J connectivity index is 0.799. The summed E-state index contributed by atoms with van der Waals surface area (Å²) in [6.07, 6.45) is -0.670. The summed E-state index contributed by atoms with van der Waals surface area (Å²) in [6.45, 7) is 11.4. The van der Waals surface area contributed by atoms with Crippen LogP contribution in [0, 0.1) is 25.6 Å². The molecule has 3 amide bonds. The van der Waals surface area contributed by atoms with Gasteiger partial charge < -0.3 is 54.9 Å². The van der Waals surface area contributed by atoms with Crippen molar-refractivity contribution in [1.29, 1.82) is 0 Å². The number of fused-ring (bicyclic) bond motifs is 2. The van der Waals surface area contributed by atoms with Crippen LogP contribution in [0.15, 0.2) is 76.8 Å². The molecule has 0 aliphatic carbocycles. The van der Waals surface area contributed by atoms with E-state index in [1.54, 1.807) is 42.6 Å². The molecular formula is C55H62ClFN10O8S. The van der Waals surface area contributed by atoms with Crippen molar-refractivity contribution in [3.8, 4) is 33.1 Å². The van der Waals surface area contributed by atoms with Crippen molar-refractivity contribution in [2.75, 3.05) is 82.9 Å². The predicted molar refractivity (Wildman–Crippen MR) is 290 cm³/mol. The predicted octanol–water partition coefficient (Wildman–Crippen LogP) is 7.46. The van der Waals surface area contributed by atoms with Gasteiger partial charge in [-0.15, -0.1) is 11.3 Å². The summed E-state index contributed by atoms with van der Waals surface area (Å²) in [5.41, 5.74) is 5.50. The Kier molecular flexibility index (Phi) is 16.9. The first kappa shape index (κ1) is 53.8. The molecule has 3 aromatic heterocycles. The number of rotatable bonds is 20. The fourth-order valence-corrected chi connectivity index (χ4v) is 10.9. The number of hydrogen-bond acceptors (Lipinski definition) is 16. The number of aliphatic hydroxyl groups excluding tert-OH is 1. The van der Waals surface area contributed by atoms with Crippen molar-refractivity contribution in [1.82, 2.24) is 40.5 Å². The molecule has 0 spiro atoms. The molecule has 2 saturated heterocycles. The zero-order valence-corrected chi connectivity index (χ0v) is 44.6. The molecule has 0 bridgehead atoms. The first-order chi connectivity index (χ1) is 36.6. The molecule has 2 fully saturated rings. The second-order valence-corrected chi connectivity index (χ2v) is 20.8. The number of carbonyl (C=O) groups excluding carboxylic acids is 3. The van der Waals surface area contributed by atoms with Gasteiger partial charge in [0.1, 0.15) is 47.2 Å². The smallest absolute Gasteiger partial charge is 0.243 e. The van der Waals surface area contributed by atoms with Gasteiger partial charge in [0.2, 0.25) is 23.7 Å². The number of aromatic nitrogens is 4. The Hall–Kier alpha value is -6.97. The summed E-state index contributed by atoms with van der Waals surface area (Å²) in [4.78, 5) is 61.0. The second-order valence-electron chi connectivity index (χ2n) is 19.5. The molecule has 9 rings (SSSR count). The van der Waals surface area contributed by atoms with Crippen LogP contribution in [0.5, 0.6) is 11.5 Å². The number of carbonyl (C=O) groups is 3. The maximum absolute atomic E-state index is 16.9. The molecule has 3 atom stereocenters. The Morgan fingerprint density at radius 2 is 1.83 bits per heavy atom. The molecule has 18 nitrogen and oxygen atoms in total. The van der Waals surface area contributed by atoms with E-state index in [-0.39, 0.29) is 97.8 Å². The van der Waals surface area contributed by atoms with Crippen molar-refractivity contribution in [2.24, 2.45) is 5.92 Å². The van der Waals surface area contributed by atoms with Crippen molar-refractivity contribution < 1.29 is 43.0 Å². The van der Waals surface area contributed by atoms with Gasteiger partial charge in [-0.1, -0.05) is 67.0 Å². The van der Waals surface area contributed by atoms with Gasteiger partial charge in [-0.2, -0.15) is 4.98 Å². The fraction of sp³-hybridized carbons (Fsp3) is 0.400. The molecule has 0 saturated carbocycles. The number of amides is 3. The van der Waals surface area contributed by atoms with Crippen LogP contribution < -0.4 is 25.6 Å². The van der Waals surface area contributed by atoms with E-state index in [1.807, 2.05) is 63.2 Å². The number of phenolic OH excluding ortho intramolecular Hbond substituents is 1. The lowest BCUT2D eigenvalue weighted by atomic mass is 9.91. The third kappa shape index (κ3) is 12.0. The number of phenols is 1. The Bertz CT molecular complexity index is 3240. The van der Waals surface area contributed by atoms with Crippen LogP contribution >= 0.6 is 22.9 Å². The van der Waals surface area contributed by atoms with Crippen molar-refractivity contribution in [3.63, 3.8) is 0 Å². The highest BCUT2D eigenvalue weighted by atomic mass is 35.5. The number of benzene rings is 4. The Morgan fingerprint density at radius 3 is 2.58 bits per heavy atom. The molecule has 76 heavy (non-hydrogen) atoms. The molecular weight excluding hydrogens is 1020 g/mol. The number of ether oxygens (including phenoxy) is 2. The van der Waals surface area contributed by atoms with E-state index in [1.165, 1.54) is 22.3 Å². The summed E-state index contributed by atoms with van der Waals surface area (Å²) < 4.78 is 34.6. The lowest BCUT2D eigenvalue weighted by Gasteiger charge is -2.29. The van der Waals surface area contributed by atoms with E-state index in [9.17, 15) is 24.6 Å². The van der Waals surface area contributed by atoms with E-state index in [2.05, 4.69) is 36.0 Å². The number of β-amino-alcohol motifs (C(OH)–C–C–N with tert-alkyl or cyclic N) is 1. The largest absolute Gasteiger partial charge is 0.508 e. The highest BCUT2D eigenvalue weighted by Crippen LogP contribution is 2.43. The van der Waals surface area contributed by atoms with Gasteiger partial charge in [0.05, 0.1) is 46.1 Å². The van der Waals surface area contributed by atoms with Gasteiger partial charge in [0.15, 0.2) is 5.82 Å². The van der Waals surface area contributed by atoms with Gasteiger partial charge >= 0.3 is 0 Å². The SMILES string of the molecule is Cc1cc([C@@H](C(=O)N2C[C@H](O)C[C@H]2C(=O)NCc2ccc(-c3scnc3C)cc2OCCOCCN(C)C(=O)CCNc2nc(N3CCNCC3)c3cc(Cl)c(-c4cc(O)cc5ccccc45)c(F)c3n2)C(C)C)on1. The number of thiazole rings is 1. The summed E-state index contributed by atoms with van der Waals surface area (Å²) in [7, 11) is 1.69. The Morgan fingerprint density at radius 1 is 1.03 bits per heavy atom. The number of nitrogens with zero attached hydrogens (tertiary/aromatic N) is 7. The van der Waals surface area contributed by atoms with Crippen LogP contribution in [0.1, 0.15) is 55.3 Å². The minimum absolute atomic E-state index is 0.0230. The fourth-order valence-electron chi connectivity index (χ4n) is 9.84. The van der Waals surface area contributed by atoms with Gasteiger partial charge in [0, 0.05) is 94.8 Å². The maximum Gasteiger partial charge on any atom is 0.243 e. The molecule has 2 aliphatic rings. The number of piperazine rings is 1. The van der Waals surface area contributed by atoms with Gasteiger partial charge in [-0.05, 0) is 65.9 Å². The van der Waals surface area contributed by atoms with E-state index in [0.717, 1.165) is 26.9 Å². The number of aryl methyl sites for hydroxylation is 2. The lowest BCUT2D eigenvalue weighted by Crippen LogP contribution is -2.48. The summed E-state index contributed by atoms with van der Waals surface area (Å²) in [5, 5.41) is 36.8. The quantitative estimate of drug-likeness (QED) is 0.0468. The lowest BCUT2D eigenvalue weighted by molar-refractivity contribution is -0.141. The first-order valence-corrected chi connectivity index (χ1v) is 26.7. The molecule has 0 radical (unpaired) electrons. The van der Waals surface area contributed by atoms with E-state index in [0.29, 0.717) is 72.3 Å². The average molecular weight is 1080 g/mol. The summed E-state index contributed by atoms with van der Waals surface area (Å²) >= 11 is 8.38. The van der Waals surface area contributed by atoms with Crippen LogP contribution in [0.2, 0.25) is 5.02 Å². The van der Waals surface area contributed by atoms with Crippen LogP contribution in [0.25, 0.3) is 43.2 Å². The normalized spacial score (nSPS) is 16.2. The average Bonchev–Trinajstić information content (AvgIpc) is 4.18.